The molecule has 0 spiro atoms. The summed E-state index contributed by atoms with van der Waals surface area (Å²) in [4.78, 5) is 82.1. The number of aliphatic imine (C=N–C) groups is 1. The Morgan fingerprint density at radius 2 is 1.63 bits per heavy atom. The molecule has 1 aliphatic carbocycles. The number of rotatable bonds is 16. The van der Waals surface area contributed by atoms with Crippen LogP contribution < -0.4 is 33.6 Å². The Balaban J connectivity index is 2.53. The number of amides is 4. The van der Waals surface area contributed by atoms with Gasteiger partial charge in [0.25, 0.3) is 11.8 Å². The summed E-state index contributed by atoms with van der Waals surface area (Å²) in [5.41, 5.74) is 21.9. The number of nitrogens with two attached hydrogens (primary N) is 4. The van der Waals surface area contributed by atoms with Crippen LogP contribution in [0.2, 0.25) is 0 Å². The van der Waals surface area contributed by atoms with Gasteiger partial charge >= 0.3 is 5.97 Å². The van der Waals surface area contributed by atoms with E-state index >= 15 is 0 Å². The van der Waals surface area contributed by atoms with Crippen LogP contribution in [0.3, 0.4) is 0 Å². The number of nitrogens with one attached hydrogen (secondary N) is 2. The summed E-state index contributed by atoms with van der Waals surface area (Å²) in [7, 11) is 0. The van der Waals surface area contributed by atoms with Gasteiger partial charge in [-0.3, -0.25) is 33.9 Å². The molecule has 43 heavy (non-hydrogen) atoms. The molecule has 4 amide bonds. The normalized spacial score (nSPS) is 16.0. The monoisotopic (exact) mass is 602 g/mol. The molecule has 15 heteroatoms. The Morgan fingerprint density at radius 1 is 1.00 bits per heavy atom. The van der Waals surface area contributed by atoms with Gasteiger partial charge in [0, 0.05) is 13.0 Å². The maximum atomic E-state index is 14.2. The Kier molecular flexibility index (Phi) is 13.7. The van der Waals surface area contributed by atoms with Crippen molar-refractivity contribution in [2.75, 3.05) is 13.1 Å². The van der Waals surface area contributed by atoms with E-state index in [9.17, 15) is 33.9 Å². The fraction of sp³-hybridized carbons (Fsp3) is 0.536. The number of nitrogens with zero attached hydrogens (tertiary/aromatic N) is 2. The first-order valence-electron chi connectivity index (χ1n) is 14.1. The fourth-order valence-electron chi connectivity index (χ4n) is 4.93. The molecule has 1 fully saturated rings. The minimum atomic E-state index is -1.73. The SMILES string of the molecule is NCC(=O)N[C@H](CC(=O)O)C(=O)N(C(=O)[C@@H](CCCN=C(N)N)NC(=O)C1(N)CCCCC1)[C@@H](C=O)Cc1ccccc1. The van der Waals surface area contributed by atoms with Crippen LogP contribution in [0.25, 0.3) is 0 Å². The van der Waals surface area contributed by atoms with Crippen molar-refractivity contribution in [3.05, 3.63) is 35.9 Å². The van der Waals surface area contributed by atoms with Crippen LogP contribution in [0.5, 0.6) is 0 Å². The molecule has 1 aliphatic rings. The van der Waals surface area contributed by atoms with Crippen molar-refractivity contribution < 1.29 is 33.9 Å². The summed E-state index contributed by atoms with van der Waals surface area (Å²) in [6, 6.07) is 4.03. The Bertz CT molecular complexity index is 1170. The van der Waals surface area contributed by atoms with Gasteiger partial charge in [-0.25, -0.2) is 0 Å². The van der Waals surface area contributed by atoms with E-state index in [1.165, 1.54) is 0 Å². The zero-order valence-electron chi connectivity index (χ0n) is 24.1. The highest BCUT2D eigenvalue weighted by Crippen LogP contribution is 2.26. The highest BCUT2D eigenvalue weighted by Gasteiger charge is 2.42. The average Bonchev–Trinajstić information content (AvgIpc) is 2.98. The predicted octanol–water partition coefficient (Wildman–Crippen LogP) is -1.73. The van der Waals surface area contributed by atoms with Crippen LogP contribution in [0.15, 0.2) is 35.3 Å². The second-order valence-electron chi connectivity index (χ2n) is 10.6. The first-order valence-corrected chi connectivity index (χ1v) is 14.1. The third-order valence-corrected chi connectivity index (χ3v) is 7.20. The van der Waals surface area contributed by atoms with Gasteiger partial charge in [0.2, 0.25) is 11.8 Å². The van der Waals surface area contributed by atoms with Gasteiger partial charge in [-0.15, -0.1) is 0 Å². The van der Waals surface area contributed by atoms with Crippen molar-refractivity contribution in [3.8, 4) is 0 Å². The van der Waals surface area contributed by atoms with Crippen LogP contribution >= 0.6 is 0 Å². The van der Waals surface area contributed by atoms with Gasteiger partial charge in [0.05, 0.1) is 24.5 Å². The molecule has 1 aromatic carbocycles. The van der Waals surface area contributed by atoms with Crippen molar-refractivity contribution in [3.63, 3.8) is 0 Å². The van der Waals surface area contributed by atoms with Gasteiger partial charge in [-0.05, 0) is 31.2 Å². The number of guanidine groups is 1. The van der Waals surface area contributed by atoms with Crippen LogP contribution in [0.4, 0.5) is 0 Å². The van der Waals surface area contributed by atoms with Crippen LogP contribution in [-0.4, -0.2) is 88.6 Å². The van der Waals surface area contributed by atoms with E-state index in [4.69, 9.17) is 22.9 Å². The van der Waals surface area contributed by atoms with Gasteiger partial charge in [-0.2, -0.15) is 0 Å². The predicted molar refractivity (Wildman–Crippen MR) is 157 cm³/mol. The molecule has 0 aliphatic heterocycles. The number of carboxylic acid groups (broad SMARTS) is 1. The molecular formula is C28H42N8O7. The van der Waals surface area contributed by atoms with Gasteiger partial charge < -0.3 is 43.5 Å². The van der Waals surface area contributed by atoms with Gasteiger partial charge in [0.15, 0.2) is 5.96 Å². The van der Waals surface area contributed by atoms with Crippen molar-refractivity contribution in [2.24, 2.45) is 27.9 Å². The van der Waals surface area contributed by atoms with Crippen molar-refractivity contribution in [1.29, 1.82) is 0 Å². The second kappa shape index (κ2) is 16.9. The number of hydrogen-bond donors (Lipinski definition) is 7. The van der Waals surface area contributed by atoms with E-state index in [0.717, 1.165) is 19.3 Å². The largest absolute Gasteiger partial charge is 0.481 e. The number of carbonyl (C=O) groups is 6. The van der Waals surface area contributed by atoms with Gasteiger partial charge in [0.1, 0.15) is 18.4 Å². The molecule has 3 atom stereocenters. The maximum Gasteiger partial charge on any atom is 0.305 e. The molecule has 236 valence electrons. The minimum absolute atomic E-state index is 0.0448. The van der Waals surface area contributed by atoms with E-state index < -0.39 is 66.2 Å². The smallest absolute Gasteiger partial charge is 0.305 e. The van der Waals surface area contributed by atoms with Crippen molar-refractivity contribution >= 4 is 41.8 Å². The fourth-order valence-corrected chi connectivity index (χ4v) is 4.93. The average molecular weight is 603 g/mol. The molecule has 15 nitrogen and oxygen atoms in total. The Labute approximate surface area is 249 Å². The number of benzene rings is 1. The van der Waals surface area contributed by atoms with E-state index in [1.54, 1.807) is 30.3 Å². The molecule has 11 N–H and O–H groups in total. The summed E-state index contributed by atoms with van der Waals surface area (Å²) in [5.74, 6) is -5.19. The van der Waals surface area contributed by atoms with Gasteiger partial charge in [-0.1, -0.05) is 49.6 Å². The molecular weight excluding hydrogens is 560 g/mol. The number of carboxylic acids is 1. The summed E-state index contributed by atoms with van der Waals surface area (Å²) in [6.45, 7) is -0.459. The highest BCUT2D eigenvalue weighted by atomic mass is 16.4. The number of aliphatic carboxylic acids is 1. The molecule has 0 radical (unpaired) electrons. The summed E-state index contributed by atoms with van der Waals surface area (Å²) in [6.07, 6.45) is 2.68. The molecule has 0 heterocycles. The molecule has 0 aromatic heterocycles. The van der Waals surface area contributed by atoms with Crippen LogP contribution in [-0.2, 0) is 35.2 Å². The topological polar surface area (TPSA) is 266 Å². The van der Waals surface area contributed by atoms with Crippen molar-refractivity contribution in [2.45, 2.75) is 81.5 Å². The molecule has 2 rings (SSSR count). The molecule has 0 bridgehead atoms. The lowest BCUT2D eigenvalue weighted by Gasteiger charge is -2.36. The lowest BCUT2D eigenvalue weighted by molar-refractivity contribution is -0.155. The molecule has 1 aromatic rings. The lowest BCUT2D eigenvalue weighted by atomic mass is 9.81. The van der Waals surface area contributed by atoms with E-state index in [1.807, 2.05) is 0 Å². The number of carbonyl (C=O) groups excluding carboxylic acids is 5. The molecule has 1 saturated carbocycles. The number of imide groups is 1. The third-order valence-electron chi connectivity index (χ3n) is 7.20. The molecule has 0 unspecified atom stereocenters. The standard InChI is InChI=1S/C28H42N8O7/c29-16-22(38)34-21(15-23(39)40)25(42)36(19(17-37)14-18-8-3-1-4-9-18)24(41)20(10-7-13-33-27(30)31)35-26(43)28(32)11-5-2-6-12-28/h1,3-4,8-9,17,19-21H,2,5-7,10-16,29,32H2,(H,34,38)(H,35,43)(H,39,40)(H4,30,31,33)/t19-,20-,21-/m1/s1. The quantitative estimate of drug-likeness (QED) is 0.0483. The second-order valence-corrected chi connectivity index (χ2v) is 10.6. The first-order chi connectivity index (χ1) is 20.4. The summed E-state index contributed by atoms with van der Waals surface area (Å²) in [5, 5.41) is 14.3. The van der Waals surface area contributed by atoms with Crippen LogP contribution in [0, 0.1) is 0 Å². The van der Waals surface area contributed by atoms with Crippen molar-refractivity contribution in [1.82, 2.24) is 15.5 Å². The van der Waals surface area contributed by atoms with E-state index in [2.05, 4.69) is 15.6 Å². The zero-order chi connectivity index (χ0) is 32.0. The minimum Gasteiger partial charge on any atom is -0.481 e. The Hall–Kier alpha value is -4.37. The summed E-state index contributed by atoms with van der Waals surface area (Å²) < 4.78 is 0. The summed E-state index contributed by atoms with van der Waals surface area (Å²) >= 11 is 0. The Morgan fingerprint density at radius 3 is 2.19 bits per heavy atom. The van der Waals surface area contributed by atoms with E-state index in [0.29, 0.717) is 29.6 Å². The highest BCUT2D eigenvalue weighted by molar-refractivity contribution is 6.05. The maximum absolute atomic E-state index is 14.2. The lowest BCUT2D eigenvalue weighted by Crippen LogP contribution is -2.63. The zero-order valence-corrected chi connectivity index (χ0v) is 24.1. The van der Waals surface area contributed by atoms with Crippen LogP contribution in [0.1, 0.15) is 56.9 Å². The first kappa shape index (κ1) is 34.8. The molecule has 0 saturated heterocycles. The number of aldehydes is 1. The third kappa shape index (κ3) is 10.8. The number of hydrogen-bond acceptors (Lipinski definition) is 9. The van der Waals surface area contributed by atoms with E-state index in [-0.39, 0.29) is 31.8 Å².